The van der Waals surface area contributed by atoms with E-state index in [-0.39, 0.29) is 19.1 Å². The molecule has 4 N–H and O–H groups in total. The highest BCUT2D eigenvalue weighted by Crippen LogP contribution is 2.58. The quantitative estimate of drug-likeness (QED) is 0.656. The van der Waals surface area contributed by atoms with E-state index in [4.69, 9.17) is 5.73 Å². The van der Waals surface area contributed by atoms with Crippen LogP contribution in [0.3, 0.4) is 0 Å². The topological polar surface area (TPSA) is 104 Å². The van der Waals surface area contributed by atoms with Crippen LogP contribution in [0.4, 0.5) is 0 Å². The van der Waals surface area contributed by atoms with Gasteiger partial charge in [0.2, 0.25) is 7.37 Å². The lowest BCUT2D eigenvalue weighted by atomic mass is 9.96. The van der Waals surface area contributed by atoms with E-state index in [1.165, 1.54) is 0 Å². The number of nitrogens with zero attached hydrogens (tertiary/aromatic N) is 1. The summed E-state index contributed by atoms with van der Waals surface area (Å²) >= 11 is 0. The van der Waals surface area contributed by atoms with Crippen molar-refractivity contribution >= 4 is 13.3 Å². The fourth-order valence-corrected chi connectivity index (χ4v) is 5.76. The van der Waals surface area contributed by atoms with E-state index < -0.39 is 18.5 Å². The molecular formula is C20H25N2O4P. The first-order valence-electron chi connectivity index (χ1n) is 8.96. The van der Waals surface area contributed by atoms with E-state index in [1.54, 1.807) is 12.1 Å². The summed E-state index contributed by atoms with van der Waals surface area (Å²) < 4.78 is 13.0. The van der Waals surface area contributed by atoms with Gasteiger partial charge in [-0.05, 0) is 23.1 Å². The minimum absolute atomic E-state index is 0.0201. The highest BCUT2D eigenvalue weighted by atomic mass is 31.2. The van der Waals surface area contributed by atoms with E-state index in [0.717, 1.165) is 16.7 Å². The molecule has 1 aliphatic rings. The minimum atomic E-state index is -3.88. The van der Waals surface area contributed by atoms with Crippen molar-refractivity contribution in [1.29, 1.82) is 0 Å². The van der Waals surface area contributed by atoms with Gasteiger partial charge in [-0.3, -0.25) is 14.3 Å². The van der Waals surface area contributed by atoms with Gasteiger partial charge in [-0.1, -0.05) is 54.6 Å². The van der Waals surface area contributed by atoms with Crippen molar-refractivity contribution in [1.82, 2.24) is 4.90 Å². The maximum atomic E-state index is 13.0. The van der Waals surface area contributed by atoms with Crippen LogP contribution in [-0.4, -0.2) is 45.3 Å². The fourth-order valence-electron chi connectivity index (χ4n) is 3.63. The van der Waals surface area contributed by atoms with Crippen molar-refractivity contribution in [3.05, 3.63) is 71.3 Å². The normalized spacial score (nSPS) is 26.0. The second-order valence-corrected chi connectivity index (χ2v) is 9.86. The third kappa shape index (κ3) is 4.14. The van der Waals surface area contributed by atoms with Crippen molar-refractivity contribution in [2.45, 2.75) is 24.7 Å². The molecule has 3 rings (SSSR count). The van der Waals surface area contributed by atoms with Crippen LogP contribution >= 0.6 is 7.37 Å². The van der Waals surface area contributed by atoms with Gasteiger partial charge >= 0.3 is 5.97 Å². The van der Waals surface area contributed by atoms with Crippen molar-refractivity contribution < 1.29 is 19.4 Å². The summed E-state index contributed by atoms with van der Waals surface area (Å²) in [6.45, 7) is 1.41. The maximum absolute atomic E-state index is 13.0. The molecule has 0 radical (unpaired) electrons. The molecule has 0 saturated carbocycles. The molecule has 27 heavy (non-hydrogen) atoms. The number of nitrogens with two attached hydrogens (primary N) is 1. The van der Waals surface area contributed by atoms with Crippen molar-refractivity contribution in [2.24, 2.45) is 5.73 Å². The summed E-state index contributed by atoms with van der Waals surface area (Å²) in [4.78, 5) is 24.8. The third-order valence-corrected chi connectivity index (χ3v) is 7.91. The Morgan fingerprint density at radius 2 is 1.70 bits per heavy atom. The Labute approximate surface area is 159 Å². The first-order chi connectivity index (χ1) is 12.9. The number of carbonyl (C=O) groups is 1. The third-order valence-electron chi connectivity index (χ3n) is 5.28. The fraction of sp³-hybridized carbons (Fsp3) is 0.350. The zero-order valence-electron chi connectivity index (χ0n) is 15.1. The average molecular weight is 388 g/mol. The van der Waals surface area contributed by atoms with Gasteiger partial charge in [0.25, 0.3) is 0 Å². The van der Waals surface area contributed by atoms with Crippen LogP contribution < -0.4 is 5.73 Å². The predicted octanol–water partition coefficient (Wildman–Crippen LogP) is 2.30. The molecular weight excluding hydrogens is 363 g/mol. The second kappa shape index (κ2) is 7.95. The molecule has 7 heteroatoms. The van der Waals surface area contributed by atoms with Crippen molar-refractivity contribution in [3.63, 3.8) is 0 Å². The molecule has 1 aliphatic heterocycles. The number of rotatable bonds is 6. The van der Waals surface area contributed by atoms with Crippen molar-refractivity contribution in [2.75, 3.05) is 19.3 Å². The van der Waals surface area contributed by atoms with Gasteiger partial charge in [0.15, 0.2) is 5.16 Å². The molecule has 0 amide bonds. The van der Waals surface area contributed by atoms with Gasteiger partial charge in [0.1, 0.15) is 0 Å². The van der Waals surface area contributed by atoms with Gasteiger partial charge in [-0.15, -0.1) is 0 Å². The average Bonchev–Trinajstić information content (AvgIpc) is 2.66. The number of benzene rings is 2. The number of carboxylic acid groups (broad SMARTS) is 1. The monoisotopic (exact) mass is 388 g/mol. The van der Waals surface area contributed by atoms with E-state index in [1.807, 2.05) is 47.4 Å². The summed E-state index contributed by atoms with van der Waals surface area (Å²) in [5.74, 6) is -1.21. The Kier molecular flexibility index (Phi) is 5.82. The van der Waals surface area contributed by atoms with Crippen LogP contribution in [0.5, 0.6) is 0 Å². The molecule has 0 bridgehead atoms. The molecule has 2 unspecified atom stereocenters. The highest BCUT2D eigenvalue weighted by Gasteiger charge is 2.56. The summed E-state index contributed by atoms with van der Waals surface area (Å²) in [6.07, 6.45) is -0.000725. The van der Waals surface area contributed by atoms with E-state index >= 15 is 0 Å². The highest BCUT2D eigenvalue weighted by molar-refractivity contribution is 7.61. The first-order valence-corrected chi connectivity index (χ1v) is 10.8. The summed E-state index contributed by atoms with van der Waals surface area (Å²) in [6, 6.07) is 17.0. The molecule has 1 fully saturated rings. The maximum Gasteiger partial charge on any atom is 0.321 e. The molecule has 1 saturated heterocycles. The summed E-state index contributed by atoms with van der Waals surface area (Å²) in [5.41, 5.74) is 8.32. The van der Waals surface area contributed by atoms with E-state index in [2.05, 4.69) is 0 Å². The van der Waals surface area contributed by atoms with Crippen LogP contribution in [0, 0.1) is 0 Å². The molecule has 1 heterocycles. The Morgan fingerprint density at radius 1 is 1.07 bits per heavy atom. The lowest BCUT2D eigenvalue weighted by Crippen LogP contribution is -2.55. The lowest BCUT2D eigenvalue weighted by molar-refractivity contribution is -0.141. The van der Waals surface area contributed by atoms with Gasteiger partial charge < -0.3 is 15.7 Å². The van der Waals surface area contributed by atoms with Gasteiger partial charge in [0.05, 0.1) is 0 Å². The summed E-state index contributed by atoms with van der Waals surface area (Å²) in [7, 11) is -3.88. The Balaban J connectivity index is 1.88. The minimum Gasteiger partial charge on any atom is -0.480 e. The smallest absolute Gasteiger partial charge is 0.321 e. The van der Waals surface area contributed by atoms with Gasteiger partial charge in [0, 0.05) is 32.3 Å². The van der Waals surface area contributed by atoms with Gasteiger partial charge in [-0.2, -0.15) is 0 Å². The molecule has 6 nitrogen and oxygen atoms in total. The number of carboxylic acids is 1. The molecule has 2 aromatic carbocycles. The van der Waals surface area contributed by atoms with Crippen LogP contribution in [0.2, 0.25) is 0 Å². The summed E-state index contributed by atoms with van der Waals surface area (Å²) in [5, 5.41) is 8.29. The van der Waals surface area contributed by atoms with E-state index in [0.29, 0.717) is 19.6 Å². The first kappa shape index (κ1) is 19.8. The molecule has 2 atom stereocenters. The van der Waals surface area contributed by atoms with Gasteiger partial charge in [-0.25, -0.2) is 0 Å². The van der Waals surface area contributed by atoms with Crippen LogP contribution in [0.25, 0.3) is 0 Å². The standard InChI is InChI=1S/C20H25N2O4P/c21-13-17-8-6-16(7-9-17)12-20(19(23)24)15-22(10-11-27(20,25)26)14-18-4-2-1-3-5-18/h1-9H,10-15,21H2,(H,23,24)(H,25,26). The Hall–Kier alpha value is -1.98. The number of hydrogen-bond donors (Lipinski definition) is 3. The second-order valence-electron chi connectivity index (χ2n) is 7.16. The van der Waals surface area contributed by atoms with Crippen LogP contribution in [0.1, 0.15) is 16.7 Å². The SMILES string of the molecule is NCc1ccc(CC2(C(=O)O)CN(Cc3ccccc3)CCP2(=O)O)cc1. The zero-order valence-corrected chi connectivity index (χ0v) is 16.0. The number of aliphatic carboxylic acids is 1. The van der Waals surface area contributed by atoms with Crippen molar-refractivity contribution in [3.8, 4) is 0 Å². The molecule has 0 aliphatic carbocycles. The predicted molar refractivity (Wildman–Crippen MR) is 105 cm³/mol. The largest absolute Gasteiger partial charge is 0.480 e. The van der Waals surface area contributed by atoms with Crippen LogP contribution in [0.15, 0.2) is 54.6 Å². The Morgan fingerprint density at radius 3 is 2.30 bits per heavy atom. The Bertz CT molecular complexity index is 841. The molecule has 0 spiro atoms. The lowest BCUT2D eigenvalue weighted by Gasteiger charge is -2.43. The van der Waals surface area contributed by atoms with E-state index in [9.17, 15) is 19.4 Å². The molecule has 144 valence electrons. The zero-order chi connectivity index (χ0) is 19.5. The number of hydrogen-bond acceptors (Lipinski definition) is 4. The van der Waals surface area contributed by atoms with Crippen LogP contribution in [-0.2, 0) is 28.9 Å². The molecule has 0 aromatic heterocycles. The molecule has 2 aromatic rings.